The van der Waals surface area contributed by atoms with Gasteiger partial charge in [-0.05, 0) is 0 Å². The molecule has 0 bridgehead atoms. The summed E-state index contributed by atoms with van der Waals surface area (Å²) in [5.74, 6) is 0.560. The van der Waals surface area contributed by atoms with Gasteiger partial charge in [-0.1, -0.05) is 52.4 Å². The fraction of sp³-hybridized carbons (Fsp3) is 0.346. The summed E-state index contributed by atoms with van der Waals surface area (Å²) in [6.07, 6.45) is 8.80. The number of halogens is 2. The summed E-state index contributed by atoms with van der Waals surface area (Å²) in [7, 11) is 0. The molecule has 0 nitrogen and oxygen atoms in total. The number of hydrogen-bond donors (Lipinski definition) is 0. The summed E-state index contributed by atoms with van der Waals surface area (Å²) in [4.78, 5) is 0. The summed E-state index contributed by atoms with van der Waals surface area (Å²) >= 11 is 1.46. The van der Waals surface area contributed by atoms with Crippen molar-refractivity contribution in [1.82, 2.24) is 0 Å². The minimum absolute atomic E-state index is 0. The van der Waals surface area contributed by atoms with Crippen LogP contribution in [-0.4, -0.2) is 3.71 Å². The van der Waals surface area contributed by atoms with Crippen LogP contribution in [0.3, 0.4) is 0 Å². The molecular formula is C26H35Cl2Zr-3. The van der Waals surface area contributed by atoms with Gasteiger partial charge < -0.3 is 7.43 Å². The third-order valence-electron chi connectivity index (χ3n) is 5.35. The zero-order valence-electron chi connectivity index (χ0n) is 18.4. The van der Waals surface area contributed by atoms with Crippen molar-refractivity contribution in [1.29, 1.82) is 0 Å². The molecule has 0 saturated carbocycles. The van der Waals surface area contributed by atoms with Crippen molar-refractivity contribution < 1.29 is 24.2 Å². The van der Waals surface area contributed by atoms with Gasteiger partial charge in [0.2, 0.25) is 0 Å². The fourth-order valence-electron chi connectivity index (χ4n) is 3.32. The maximum absolute atomic E-state index is 3.36. The van der Waals surface area contributed by atoms with Gasteiger partial charge in [-0.3, -0.25) is 6.08 Å². The van der Waals surface area contributed by atoms with E-state index in [1.165, 1.54) is 72.2 Å². The molecule has 0 aromatic heterocycles. The largest absolute Gasteiger partial charge is 0.210 e. The summed E-state index contributed by atoms with van der Waals surface area (Å²) in [5.41, 5.74) is 8.77. The van der Waals surface area contributed by atoms with Gasteiger partial charge in [0.15, 0.2) is 0 Å². The van der Waals surface area contributed by atoms with Crippen molar-refractivity contribution >= 4 is 28.5 Å². The van der Waals surface area contributed by atoms with Crippen LogP contribution in [0.4, 0.5) is 0 Å². The van der Waals surface area contributed by atoms with E-state index in [1.807, 2.05) is 6.07 Å². The second-order valence-electron chi connectivity index (χ2n) is 7.14. The molecule has 0 aliphatic heterocycles. The standard InChI is InChI=1S/C9H11.C9H13.C7H6.CH3.2ClH.Zr/c1-2-5-9-7-3-6-8(9)4-1;1-6-5-7(2)9(4)8(6)3;1-7-5-3-2-4-6-7;;;;/h3,6-7H,1-2,4-5H2;6H,1-4H3;1-6H;1H3;2*1H;/q2*-1;;-1;;;. The zero-order valence-corrected chi connectivity index (χ0v) is 22.5. The van der Waals surface area contributed by atoms with Crippen LogP contribution in [0.2, 0.25) is 0 Å². The predicted molar refractivity (Wildman–Crippen MR) is 131 cm³/mol. The maximum atomic E-state index is 3.36. The molecular weight excluding hydrogens is 474 g/mol. The second kappa shape index (κ2) is 16.1. The molecule has 2 aromatic carbocycles. The Morgan fingerprint density at radius 3 is 2.03 bits per heavy atom. The molecule has 29 heavy (non-hydrogen) atoms. The average Bonchev–Trinajstić information content (AvgIpc) is 3.24. The Morgan fingerprint density at radius 1 is 1.00 bits per heavy atom. The van der Waals surface area contributed by atoms with E-state index in [0.29, 0.717) is 5.92 Å². The number of fused-ring (bicyclic) bond motifs is 1. The molecule has 0 amide bonds. The molecule has 0 saturated heterocycles. The summed E-state index contributed by atoms with van der Waals surface area (Å²) in [6, 6.07) is 17.0. The average molecular weight is 510 g/mol. The fourth-order valence-corrected chi connectivity index (χ4v) is 3.80. The van der Waals surface area contributed by atoms with Gasteiger partial charge in [-0.15, -0.1) is 31.7 Å². The molecule has 1 unspecified atom stereocenters. The van der Waals surface area contributed by atoms with Crippen LogP contribution in [-0.2, 0) is 37.1 Å². The minimum Gasteiger partial charge on any atom is -0.210 e. The van der Waals surface area contributed by atoms with Crippen LogP contribution in [0.5, 0.6) is 0 Å². The van der Waals surface area contributed by atoms with E-state index in [-0.39, 0.29) is 32.2 Å². The molecule has 4 rings (SSSR count). The molecule has 160 valence electrons. The van der Waals surface area contributed by atoms with Gasteiger partial charge in [0.25, 0.3) is 0 Å². The Balaban J connectivity index is 0. The first-order valence-corrected chi connectivity index (χ1v) is 11.0. The number of aryl methyl sites for hydroxylation is 2. The number of benzene rings is 1. The van der Waals surface area contributed by atoms with E-state index in [0.717, 1.165) is 0 Å². The van der Waals surface area contributed by atoms with Crippen molar-refractivity contribution in [3.63, 3.8) is 0 Å². The van der Waals surface area contributed by atoms with Crippen molar-refractivity contribution in [2.75, 3.05) is 0 Å². The summed E-state index contributed by atoms with van der Waals surface area (Å²) in [5, 5.41) is 0. The maximum Gasteiger partial charge on any atom is -0.0512 e. The normalized spacial score (nSPS) is 16.1. The second-order valence-corrected chi connectivity index (χ2v) is 7.85. The van der Waals surface area contributed by atoms with Crippen molar-refractivity contribution in [2.45, 2.75) is 53.4 Å². The van der Waals surface area contributed by atoms with Crippen molar-refractivity contribution in [3.05, 3.63) is 95.4 Å². The first kappa shape index (κ1) is 30.6. The van der Waals surface area contributed by atoms with Crippen LogP contribution in [0.25, 0.3) is 0 Å². The molecule has 2 aliphatic carbocycles. The topological polar surface area (TPSA) is 0 Å². The van der Waals surface area contributed by atoms with E-state index >= 15 is 0 Å². The Labute approximate surface area is 206 Å². The van der Waals surface area contributed by atoms with Gasteiger partial charge in [-0.25, -0.2) is 11.6 Å². The van der Waals surface area contributed by atoms with Crippen LogP contribution in [0, 0.1) is 19.4 Å². The summed E-state index contributed by atoms with van der Waals surface area (Å²) < 4.78 is 2.17. The molecule has 2 aliphatic rings. The number of rotatable bonds is 1. The van der Waals surface area contributed by atoms with Gasteiger partial charge in [0, 0.05) is 0 Å². The monoisotopic (exact) mass is 507 g/mol. The van der Waals surface area contributed by atoms with E-state index in [4.69, 9.17) is 0 Å². The molecule has 1 atom stereocenters. The molecule has 0 spiro atoms. The van der Waals surface area contributed by atoms with E-state index < -0.39 is 0 Å². The quantitative estimate of drug-likeness (QED) is 0.346. The van der Waals surface area contributed by atoms with E-state index in [1.54, 1.807) is 11.1 Å². The first-order valence-electron chi connectivity index (χ1n) is 9.59. The van der Waals surface area contributed by atoms with E-state index in [2.05, 4.69) is 79.9 Å². The smallest absolute Gasteiger partial charge is 0.0512 e. The molecule has 0 radical (unpaired) electrons. The Morgan fingerprint density at radius 2 is 1.62 bits per heavy atom. The number of allylic oxidation sites excluding steroid dienone is 4. The van der Waals surface area contributed by atoms with Crippen LogP contribution < -0.4 is 0 Å². The molecule has 0 heterocycles. The van der Waals surface area contributed by atoms with E-state index in [9.17, 15) is 0 Å². The van der Waals surface area contributed by atoms with Crippen LogP contribution >= 0.6 is 24.8 Å². The molecule has 3 heteroatoms. The third kappa shape index (κ3) is 9.82. The molecule has 2 aromatic rings. The molecule has 0 N–H and O–H groups in total. The van der Waals surface area contributed by atoms with Gasteiger partial charge >= 0.3 is 63.8 Å². The Bertz CT molecular complexity index is 749. The van der Waals surface area contributed by atoms with Crippen LogP contribution in [0.15, 0.2) is 65.3 Å². The van der Waals surface area contributed by atoms with Gasteiger partial charge in [-0.2, -0.15) is 34.4 Å². The Kier molecular flexibility index (Phi) is 17.0. The van der Waals surface area contributed by atoms with Crippen molar-refractivity contribution in [3.8, 4) is 0 Å². The van der Waals surface area contributed by atoms with Crippen LogP contribution in [0.1, 0.15) is 57.2 Å². The summed E-state index contributed by atoms with van der Waals surface area (Å²) in [6.45, 7) is 8.67. The number of hydrogen-bond acceptors (Lipinski definition) is 0. The van der Waals surface area contributed by atoms with Gasteiger partial charge in [0.1, 0.15) is 0 Å². The Hall–Kier alpha value is -0.617. The molecule has 0 fully saturated rings. The minimum atomic E-state index is 0. The van der Waals surface area contributed by atoms with Gasteiger partial charge in [0.05, 0.1) is 0 Å². The zero-order chi connectivity index (χ0) is 18.9. The SMILES string of the molecule is CC1=[C-]C(C)C(C)=C1C.Cl.Cl.[CH3-].[Zr]=[CH]c1ccccc1.c1cc2c([cH-]1)CCCC2. The third-order valence-corrected chi connectivity index (χ3v) is 6.17. The first-order chi connectivity index (χ1) is 12.5. The van der Waals surface area contributed by atoms with Crippen molar-refractivity contribution in [2.24, 2.45) is 5.92 Å². The predicted octanol–water partition coefficient (Wildman–Crippen LogP) is 7.68.